The van der Waals surface area contributed by atoms with Gasteiger partial charge in [-0.1, -0.05) is 157 Å². The lowest BCUT2D eigenvalue weighted by atomic mass is 9.92. The van der Waals surface area contributed by atoms with E-state index in [1.165, 1.54) is 0 Å². The lowest BCUT2D eigenvalue weighted by Gasteiger charge is -2.13. The number of rotatable bonds is 5. The fourth-order valence-corrected chi connectivity index (χ4v) is 7.04. The van der Waals surface area contributed by atoms with E-state index >= 15 is 0 Å². The van der Waals surface area contributed by atoms with Gasteiger partial charge in [-0.25, -0.2) is 15.0 Å². The zero-order chi connectivity index (χ0) is 49.3. The van der Waals surface area contributed by atoms with Crippen LogP contribution in [0.2, 0.25) is 0 Å². The quantitative estimate of drug-likeness (QED) is 0.166. The first kappa shape index (κ1) is 19.6. The molecule has 0 amide bonds. The van der Waals surface area contributed by atoms with Gasteiger partial charge in [0.05, 0.1) is 20.6 Å². The predicted molar refractivity (Wildman–Crippen MR) is 227 cm³/mol. The van der Waals surface area contributed by atoms with Crippen LogP contribution >= 0.6 is 0 Å². The Bertz CT molecular complexity index is 4100. The van der Waals surface area contributed by atoms with Crippen molar-refractivity contribution in [3.63, 3.8) is 0 Å². The summed E-state index contributed by atoms with van der Waals surface area (Å²) in [4.78, 5) is 14.4. The van der Waals surface area contributed by atoms with Crippen LogP contribution in [0.5, 0.6) is 0 Å². The Kier molecular flexibility index (Phi) is 4.49. The van der Waals surface area contributed by atoms with Crippen LogP contribution in [0.25, 0.3) is 111 Å². The first-order valence-corrected chi connectivity index (χ1v) is 17.3. The molecule has 0 fully saturated rings. The topological polar surface area (TPSA) is 51.8 Å². The van der Waals surface area contributed by atoms with Crippen molar-refractivity contribution in [2.75, 3.05) is 0 Å². The highest BCUT2D eigenvalue weighted by Crippen LogP contribution is 2.39. The van der Waals surface area contributed by atoms with Crippen LogP contribution in [-0.2, 0) is 0 Å². The molecule has 0 unspecified atom stereocenters. The predicted octanol–water partition coefficient (Wildman–Crippen LogP) is 13.6. The minimum atomic E-state index is -0.782. The molecule has 0 bridgehead atoms. The van der Waals surface area contributed by atoms with Gasteiger partial charge in [0.2, 0.25) is 0 Å². The molecule has 0 aliphatic heterocycles. The highest BCUT2D eigenvalue weighted by atomic mass is 16.3. The van der Waals surface area contributed by atoms with Crippen LogP contribution in [0.3, 0.4) is 0 Å². The van der Waals surface area contributed by atoms with Crippen molar-refractivity contribution in [1.82, 2.24) is 15.0 Å². The van der Waals surface area contributed by atoms with Crippen molar-refractivity contribution in [1.29, 1.82) is 0 Å². The van der Waals surface area contributed by atoms with E-state index in [4.69, 9.17) is 31.7 Å². The van der Waals surface area contributed by atoms with Crippen molar-refractivity contribution >= 4 is 54.3 Å². The average Bonchev–Trinajstić information content (AvgIpc) is 3.76. The molecule has 0 saturated carbocycles. The molecule has 0 aliphatic carbocycles. The molecule has 2 heterocycles. The summed E-state index contributed by atoms with van der Waals surface area (Å²) < 4.78 is 142. The summed E-state index contributed by atoms with van der Waals surface area (Å²) in [5.41, 5.74) is 2.66. The molecule has 55 heavy (non-hydrogen) atoms. The number of benzene rings is 9. The van der Waals surface area contributed by atoms with Gasteiger partial charge in [-0.2, -0.15) is 0 Å². The summed E-state index contributed by atoms with van der Waals surface area (Å²) in [6, 6.07) is 19.2. The Morgan fingerprint density at radius 1 is 0.364 bits per heavy atom. The third kappa shape index (κ3) is 5.26. The van der Waals surface area contributed by atoms with Crippen molar-refractivity contribution in [3.05, 3.63) is 188 Å². The van der Waals surface area contributed by atoms with E-state index in [2.05, 4.69) is 0 Å². The highest BCUT2D eigenvalue weighted by Gasteiger charge is 2.17. The molecule has 0 atom stereocenters. The second kappa shape index (κ2) is 12.6. The van der Waals surface area contributed by atoms with Gasteiger partial charge in [-0.3, -0.25) is 0 Å². The largest absolute Gasteiger partial charge is 0.456 e. The molecule has 256 valence electrons. The molecule has 2 aromatic heterocycles. The number of para-hydroxylation sites is 1. The lowest BCUT2D eigenvalue weighted by molar-refractivity contribution is 0.669. The van der Waals surface area contributed by atoms with Gasteiger partial charge in [-0.15, -0.1) is 0 Å². The van der Waals surface area contributed by atoms with Gasteiger partial charge < -0.3 is 4.42 Å². The average molecular weight is 717 g/mol. The van der Waals surface area contributed by atoms with Gasteiger partial charge in [-0.05, 0) is 84.9 Å². The van der Waals surface area contributed by atoms with E-state index in [0.29, 0.717) is 16.7 Å². The van der Waals surface area contributed by atoms with Gasteiger partial charge in [0.15, 0.2) is 17.5 Å². The standard InChI is InChI=1S/C51H31N3O/c1-2-13-32(14-3-1)49-52-50(54-51(53-49)37-18-11-16-35(30-37)38-24-12-26-47-48(38)44-23-8-9-25-46(44)55-47)36-17-10-15-33(29-36)34-27-28-43-41-21-5-4-19-39(41)40-20-6-7-22-42(40)45(43)31-34/h1-31H/i4D,5D,6D,7D,10D,15D,17D,19D,20D,21D,22D,27D,28D,29D,31D. The van der Waals surface area contributed by atoms with Crippen LogP contribution in [0, 0.1) is 0 Å². The number of hydrogen-bond donors (Lipinski definition) is 0. The minimum Gasteiger partial charge on any atom is -0.456 e. The maximum atomic E-state index is 9.77. The third-order valence-electron chi connectivity index (χ3n) is 9.54. The number of furan rings is 1. The smallest absolute Gasteiger partial charge is 0.164 e. The van der Waals surface area contributed by atoms with Gasteiger partial charge >= 0.3 is 0 Å². The molecule has 0 radical (unpaired) electrons. The molecule has 9 aromatic carbocycles. The van der Waals surface area contributed by atoms with Crippen molar-refractivity contribution < 1.29 is 25.0 Å². The fourth-order valence-electron chi connectivity index (χ4n) is 7.04. The van der Waals surface area contributed by atoms with Crippen molar-refractivity contribution in [2.24, 2.45) is 0 Å². The lowest BCUT2D eigenvalue weighted by Crippen LogP contribution is -2.00. The fraction of sp³-hybridized carbons (Fsp3) is 0. The van der Waals surface area contributed by atoms with E-state index in [-0.39, 0.29) is 50.0 Å². The normalized spacial score (nSPS) is 15.5. The molecule has 0 saturated heterocycles. The minimum absolute atomic E-state index is 0.121. The number of aromatic nitrogens is 3. The molecular weight excluding hydrogens is 671 g/mol. The summed E-state index contributed by atoms with van der Waals surface area (Å²) in [5.74, 6) is -0.00179. The highest BCUT2D eigenvalue weighted by molar-refractivity contribution is 6.25. The number of fused-ring (bicyclic) bond motifs is 9. The molecule has 0 spiro atoms. The Labute approximate surface area is 338 Å². The monoisotopic (exact) mass is 716 g/mol. The van der Waals surface area contributed by atoms with E-state index in [1.54, 1.807) is 36.4 Å². The van der Waals surface area contributed by atoms with Crippen molar-refractivity contribution in [2.45, 2.75) is 0 Å². The summed E-state index contributed by atoms with van der Waals surface area (Å²) in [6.07, 6.45) is 0. The Morgan fingerprint density at radius 2 is 0.927 bits per heavy atom. The molecule has 0 aliphatic rings. The SMILES string of the molecule is [2H]c1c([2H])c(-c2nc(-c3ccccc3)nc(-c3cccc(-c4cccc5oc6ccccc6c45)c3)n2)c([2H])c(-c2c([2H])c([2H])c3c4c([2H])c([2H])c([2H])c([2H])c4c4c([2H])c([2H])c([2H])c([2H])c4c3c2[2H])c1[2H]. The summed E-state index contributed by atoms with van der Waals surface area (Å²) >= 11 is 0. The van der Waals surface area contributed by atoms with Gasteiger partial charge in [0.1, 0.15) is 11.2 Å². The van der Waals surface area contributed by atoms with Gasteiger partial charge in [0.25, 0.3) is 0 Å². The third-order valence-corrected chi connectivity index (χ3v) is 9.54. The molecule has 4 heteroatoms. The second-order valence-corrected chi connectivity index (χ2v) is 12.8. The Hall–Kier alpha value is -7.43. The first-order valence-electron chi connectivity index (χ1n) is 24.8. The molecule has 4 nitrogen and oxygen atoms in total. The van der Waals surface area contributed by atoms with Crippen LogP contribution in [0.1, 0.15) is 20.6 Å². The van der Waals surface area contributed by atoms with Crippen LogP contribution in [0.15, 0.2) is 192 Å². The molecule has 11 aromatic rings. The van der Waals surface area contributed by atoms with E-state index < -0.39 is 107 Å². The summed E-state index contributed by atoms with van der Waals surface area (Å²) in [5, 5.41) is -0.390. The van der Waals surface area contributed by atoms with Crippen LogP contribution < -0.4 is 0 Å². The van der Waals surface area contributed by atoms with Crippen LogP contribution in [-0.4, -0.2) is 15.0 Å². The first-order chi connectivity index (χ1) is 33.5. The molecular formula is C51H31N3O. The zero-order valence-electron chi connectivity index (χ0n) is 43.5. The maximum Gasteiger partial charge on any atom is 0.164 e. The van der Waals surface area contributed by atoms with E-state index in [0.717, 1.165) is 27.5 Å². The maximum absolute atomic E-state index is 9.77. The number of nitrogens with zero attached hydrogens (tertiary/aromatic N) is 3. The van der Waals surface area contributed by atoms with Crippen LogP contribution in [0.4, 0.5) is 0 Å². The Morgan fingerprint density at radius 3 is 1.71 bits per heavy atom. The van der Waals surface area contributed by atoms with Gasteiger partial charge in [0, 0.05) is 27.5 Å². The zero-order valence-corrected chi connectivity index (χ0v) is 28.5. The number of hydrogen-bond acceptors (Lipinski definition) is 4. The Balaban J connectivity index is 1.20. The van der Waals surface area contributed by atoms with E-state index in [1.807, 2.05) is 60.7 Å². The molecule has 11 rings (SSSR count). The van der Waals surface area contributed by atoms with E-state index in [9.17, 15) is 8.22 Å². The summed E-state index contributed by atoms with van der Waals surface area (Å²) in [7, 11) is 0. The second-order valence-electron chi connectivity index (χ2n) is 12.8. The summed E-state index contributed by atoms with van der Waals surface area (Å²) in [6.45, 7) is 0. The molecule has 0 N–H and O–H groups in total. The van der Waals surface area contributed by atoms with Crippen molar-refractivity contribution in [3.8, 4) is 56.4 Å².